The number of imide groups is 1. The first-order valence-electron chi connectivity index (χ1n) is 6.71. The molecule has 114 valence electrons. The highest BCUT2D eigenvalue weighted by molar-refractivity contribution is 6.06. The molecular formula is C15H14FN3O3. The van der Waals surface area contributed by atoms with Gasteiger partial charge in [-0.05, 0) is 32.0 Å². The Bertz CT molecular complexity index is 754. The maximum atomic E-state index is 13.2. The molecule has 3 amide bonds. The van der Waals surface area contributed by atoms with E-state index in [1.807, 2.05) is 0 Å². The molecule has 7 heteroatoms. The normalized spacial score (nSPS) is 17.0. The molecule has 6 nitrogen and oxygen atoms in total. The van der Waals surface area contributed by atoms with Gasteiger partial charge >= 0.3 is 6.03 Å². The molecule has 0 spiro atoms. The van der Waals surface area contributed by atoms with E-state index in [-0.39, 0.29) is 18.3 Å². The summed E-state index contributed by atoms with van der Waals surface area (Å²) in [5, 5.41) is 2.59. The summed E-state index contributed by atoms with van der Waals surface area (Å²) >= 11 is 0. The summed E-state index contributed by atoms with van der Waals surface area (Å²) in [5.41, 5.74) is -0.0177. The van der Waals surface area contributed by atoms with Gasteiger partial charge in [0.2, 0.25) is 5.89 Å². The van der Waals surface area contributed by atoms with E-state index >= 15 is 0 Å². The Balaban J connectivity index is 1.81. The standard InChI is InChI=1S/C15H14FN3O3/c1-15(2)13(20)19(14(21)18-15)7-11-8-22-12(17-11)9-4-3-5-10(16)6-9/h3-6,8H,7H2,1-2H3,(H,18,21). The maximum absolute atomic E-state index is 13.2. The van der Waals surface area contributed by atoms with E-state index in [1.165, 1.54) is 18.4 Å². The number of carbonyl (C=O) groups is 2. The summed E-state index contributed by atoms with van der Waals surface area (Å²) < 4.78 is 18.5. The minimum Gasteiger partial charge on any atom is -0.444 e. The number of benzene rings is 1. The molecule has 1 aliphatic heterocycles. The molecular weight excluding hydrogens is 289 g/mol. The second-order valence-electron chi connectivity index (χ2n) is 5.60. The zero-order chi connectivity index (χ0) is 15.9. The van der Waals surface area contributed by atoms with E-state index in [1.54, 1.807) is 26.0 Å². The molecule has 2 heterocycles. The Morgan fingerprint density at radius 3 is 2.77 bits per heavy atom. The number of hydrogen-bond acceptors (Lipinski definition) is 4. The summed E-state index contributed by atoms with van der Waals surface area (Å²) in [4.78, 5) is 29.2. The van der Waals surface area contributed by atoms with Gasteiger partial charge in [-0.25, -0.2) is 14.2 Å². The number of carbonyl (C=O) groups excluding carboxylic acids is 2. The van der Waals surface area contributed by atoms with E-state index in [0.29, 0.717) is 11.3 Å². The quantitative estimate of drug-likeness (QED) is 0.883. The smallest absolute Gasteiger partial charge is 0.325 e. The van der Waals surface area contributed by atoms with Crippen molar-refractivity contribution in [2.24, 2.45) is 0 Å². The van der Waals surface area contributed by atoms with Gasteiger partial charge in [-0.15, -0.1) is 0 Å². The van der Waals surface area contributed by atoms with Gasteiger partial charge in [0.25, 0.3) is 5.91 Å². The van der Waals surface area contributed by atoms with Crippen LogP contribution in [0.1, 0.15) is 19.5 Å². The van der Waals surface area contributed by atoms with E-state index in [4.69, 9.17) is 4.42 Å². The Morgan fingerprint density at radius 2 is 2.14 bits per heavy atom. The lowest BCUT2D eigenvalue weighted by Crippen LogP contribution is -2.40. The van der Waals surface area contributed by atoms with Crippen LogP contribution in [-0.4, -0.2) is 27.4 Å². The average molecular weight is 303 g/mol. The van der Waals surface area contributed by atoms with Gasteiger partial charge in [0.1, 0.15) is 17.6 Å². The molecule has 1 aromatic heterocycles. The molecule has 1 fully saturated rings. The second-order valence-corrected chi connectivity index (χ2v) is 5.60. The van der Waals surface area contributed by atoms with E-state index in [9.17, 15) is 14.0 Å². The molecule has 1 aliphatic rings. The third-order valence-corrected chi connectivity index (χ3v) is 3.39. The molecule has 0 bridgehead atoms. The van der Waals surface area contributed by atoms with Gasteiger partial charge < -0.3 is 9.73 Å². The van der Waals surface area contributed by atoms with Gasteiger partial charge in [-0.3, -0.25) is 9.69 Å². The van der Waals surface area contributed by atoms with Gasteiger partial charge in [0, 0.05) is 5.56 Å². The van der Waals surface area contributed by atoms with Crippen molar-refractivity contribution in [3.8, 4) is 11.5 Å². The summed E-state index contributed by atoms with van der Waals surface area (Å²) in [6, 6.07) is 5.37. The number of nitrogens with zero attached hydrogens (tertiary/aromatic N) is 2. The molecule has 1 saturated heterocycles. The first-order chi connectivity index (χ1) is 10.4. The number of nitrogens with one attached hydrogen (secondary N) is 1. The molecule has 0 atom stereocenters. The SMILES string of the molecule is CC1(C)NC(=O)N(Cc2coc(-c3cccc(F)c3)n2)C1=O. The van der Waals surface area contributed by atoms with Crippen LogP contribution in [0.5, 0.6) is 0 Å². The number of aromatic nitrogens is 1. The molecule has 0 unspecified atom stereocenters. The molecule has 22 heavy (non-hydrogen) atoms. The lowest BCUT2D eigenvalue weighted by molar-refractivity contribution is -0.130. The maximum Gasteiger partial charge on any atom is 0.325 e. The predicted octanol–water partition coefficient (Wildman–Crippen LogP) is 2.31. The summed E-state index contributed by atoms with van der Waals surface area (Å²) in [6.07, 6.45) is 1.35. The molecule has 3 rings (SSSR count). The van der Waals surface area contributed by atoms with E-state index in [0.717, 1.165) is 4.90 Å². The fraction of sp³-hybridized carbons (Fsp3) is 0.267. The largest absolute Gasteiger partial charge is 0.444 e. The Kier molecular flexibility index (Phi) is 3.20. The summed E-state index contributed by atoms with van der Waals surface area (Å²) in [7, 11) is 0. The van der Waals surface area contributed by atoms with Crippen LogP contribution in [-0.2, 0) is 11.3 Å². The molecule has 1 N–H and O–H groups in total. The lowest BCUT2D eigenvalue weighted by atomic mass is 10.1. The topological polar surface area (TPSA) is 75.4 Å². The molecule has 2 aromatic rings. The molecule has 1 aromatic carbocycles. The van der Waals surface area contributed by atoms with Crippen LogP contribution in [0.3, 0.4) is 0 Å². The van der Waals surface area contributed by atoms with Crippen LogP contribution in [0.2, 0.25) is 0 Å². The number of rotatable bonds is 3. The summed E-state index contributed by atoms with van der Waals surface area (Å²) in [5.74, 6) is -0.485. The Hall–Kier alpha value is -2.70. The first-order valence-corrected chi connectivity index (χ1v) is 6.71. The van der Waals surface area contributed by atoms with Crippen LogP contribution in [0.25, 0.3) is 11.5 Å². The van der Waals surface area contributed by atoms with Gasteiger partial charge in [0.05, 0.1) is 12.2 Å². The Morgan fingerprint density at radius 1 is 1.36 bits per heavy atom. The highest BCUT2D eigenvalue weighted by atomic mass is 19.1. The number of halogens is 1. The zero-order valence-electron chi connectivity index (χ0n) is 12.1. The van der Waals surface area contributed by atoms with Crippen molar-refractivity contribution >= 4 is 11.9 Å². The third kappa shape index (κ3) is 2.45. The van der Waals surface area contributed by atoms with Crippen molar-refractivity contribution in [3.05, 3.63) is 42.0 Å². The fourth-order valence-electron chi connectivity index (χ4n) is 2.26. The van der Waals surface area contributed by atoms with Crippen LogP contribution in [0.15, 0.2) is 34.9 Å². The van der Waals surface area contributed by atoms with Crippen molar-refractivity contribution in [3.63, 3.8) is 0 Å². The van der Waals surface area contributed by atoms with Gasteiger partial charge in [-0.1, -0.05) is 6.07 Å². The lowest BCUT2D eigenvalue weighted by Gasteiger charge is -2.14. The van der Waals surface area contributed by atoms with Crippen molar-refractivity contribution < 1.29 is 18.4 Å². The third-order valence-electron chi connectivity index (χ3n) is 3.39. The number of urea groups is 1. The highest BCUT2D eigenvalue weighted by Gasteiger charge is 2.44. The molecule has 0 radical (unpaired) electrons. The van der Waals surface area contributed by atoms with Gasteiger partial charge in [0.15, 0.2) is 0 Å². The van der Waals surface area contributed by atoms with Crippen LogP contribution < -0.4 is 5.32 Å². The van der Waals surface area contributed by atoms with Crippen LogP contribution in [0, 0.1) is 5.82 Å². The van der Waals surface area contributed by atoms with Crippen LogP contribution >= 0.6 is 0 Å². The number of oxazole rings is 1. The minimum atomic E-state index is -0.924. The van der Waals surface area contributed by atoms with Crippen molar-refractivity contribution in [1.82, 2.24) is 15.2 Å². The van der Waals surface area contributed by atoms with Crippen molar-refractivity contribution in [1.29, 1.82) is 0 Å². The zero-order valence-corrected chi connectivity index (χ0v) is 12.1. The average Bonchev–Trinajstić information content (AvgIpc) is 2.98. The van der Waals surface area contributed by atoms with E-state index < -0.39 is 17.4 Å². The highest BCUT2D eigenvalue weighted by Crippen LogP contribution is 2.22. The monoisotopic (exact) mass is 303 g/mol. The number of amides is 3. The second kappa shape index (κ2) is 4.94. The van der Waals surface area contributed by atoms with Gasteiger partial charge in [-0.2, -0.15) is 0 Å². The Labute approximate surface area is 125 Å². The van der Waals surface area contributed by atoms with Crippen molar-refractivity contribution in [2.45, 2.75) is 25.9 Å². The van der Waals surface area contributed by atoms with Crippen molar-refractivity contribution in [2.75, 3.05) is 0 Å². The number of hydrogen-bond donors (Lipinski definition) is 1. The minimum absolute atomic E-state index is 0.00686. The first kappa shape index (κ1) is 14.2. The molecule has 0 aliphatic carbocycles. The van der Waals surface area contributed by atoms with Crippen LogP contribution in [0.4, 0.5) is 9.18 Å². The predicted molar refractivity (Wildman–Crippen MR) is 75.1 cm³/mol. The van der Waals surface area contributed by atoms with E-state index in [2.05, 4.69) is 10.3 Å². The fourth-order valence-corrected chi connectivity index (χ4v) is 2.26. The molecule has 0 saturated carbocycles. The summed E-state index contributed by atoms with van der Waals surface area (Å²) in [6.45, 7) is 3.27.